The number of amides is 2. The van der Waals surface area contributed by atoms with Crippen molar-refractivity contribution in [2.75, 3.05) is 26.2 Å². The van der Waals surface area contributed by atoms with Gasteiger partial charge in [0.05, 0.1) is 12.0 Å². The van der Waals surface area contributed by atoms with Gasteiger partial charge >= 0.3 is 6.18 Å². The minimum absolute atomic E-state index is 0.00479. The second kappa shape index (κ2) is 8.69. The van der Waals surface area contributed by atoms with Gasteiger partial charge in [0.1, 0.15) is 6.54 Å². The summed E-state index contributed by atoms with van der Waals surface area (Å²) in [4.78, 5) is 27.2. The van der Waals surface area contributed by atoms with Crippen LogP contribution in [0.4, 0.5) is 13.2 Å². The van der Waals surface area contributed by atoms with E-state index in [1.165, 1.54) is 11.8 Å². The molecule has 0 bridgehead atoms. The molecule has 0 aromatic carbocycles. The van der Waals surface area contributed by atoms with Crippen molar-refractivity contribution in [3.05, 3.63) is 0 Å². The summed E-state index contributed by atoms with van der Waals surface area (Å²) in [5.41, 5.74) is 5.96. The molecule has 1 heterocycles. The molecule has 0 aromatic heterocycles. The van der Waals surface area contributed by atoms with Gasteiger partial charge in [-0.25, -0.2) is 0 Å². The highest BCUT2D eigenvalue weighted by molar-refractivity contribution is 5.84. The predicted octanol–water partition coefficient (Wildman–Crippen LogP) is 2.01. The van der Waals surface area contributed by atoms with Gasteiger partial charge in [-0.2, -0.15) is 13.2 Å². The molecule has 1 aliphatic rings. The molecule has 0 spiro atoms. The van der Waals surface area contributed by atoms with Crippen LogP contribution in [0.25, 0.3) is 0 Å². The summed E-state index contributed by atoms with van der Waals surface area (Å²) in [5.74, 6) is -1.33. The van der Waals surface area contributed by atoms with Gasteiger partial charge in [-0.1, -0.05) is 20.3 Å². The summed E-state index contributed by atoms with van der Waals surface area (Å²) in [5, 5.41) is 0. The zero-order valence-electron chi connectivity index (χ0n) is 14.6. The molecule has 0 saturated carbocycles. The Morgan fingerprint density at radius 3 is 2.46 bits per heavy atom. The van der Waals surface area contributed by atoms with Gasteiger partial charge in [0.25, 0.3) is 0 Å². The minimum atomic E-state index is -4.42. The van der Waals surface area contributed by atoms with Crippen LogP contribution in [0.15, 0.2) is 0 Å². The maximum atomic E-state index is 12.6. The highest BCUT2D eigenvalue weighted by Gasteiger charge is 2.37. The van der Waals surface area contributed by atoms with Crippen molar-refractivity contribution in [2.45, 2.75) is 52.3 Å². The van der Waals surface area contributed by atoms with Gasteiger partial charge in [-0.05, 0) is 25.7 Å². The summed E-state index contributed by atoms with van der Waals surface area (Å²) < 4.78 is 37.8. The molecule has 2 N–H and O–H groups in total. The van der Waals surface area contributed by atoms with Gasteiger partial charge in [-0.3, -0.25) is 9.59 Å². The Morgan fingerprint density at radius 2 is 1.96 bits per heavy atom. The van der Waals surface area contributed by atoms with Crippen LogP contribution in [-0.4, -0.2) is 60.0 Å². The number of hydrogen-bond acceptors (Lipinski definition) is 3. The van der Waals surface area contributed by atoms with E-state index in [2.05, 4.69) is 0 Å². The Hall–Kier alpha value is -1.31. The van der Waals surface area contributed by atoms with E-state index in [1.807, 2.05) is 13.8 Å². The topological polar surface area (TPSA) is 66.6 Å². The largest absolute Gasteiger partial charge is 0.406 e. The van der Waals surface area contributed by atoms with Crippen LogP contribution in [-0.2, 0) is 9.59 Å². The van der Waals surface area contributed by atoms with Crippen molar-refractivity contribution < 1.29 is 22.8 Å². The number of piperidine rings is 1. The predicted molar refractivity (Wildman–Crippen MR) is 85.0 cm³/mol. The number of likely N-dealkylation sites (tertiary alicyclic amines) is 1. The van der Waals surface area contributed by atoms with E-state index >= 15 is 0 Å². The molecule has 3 atom stereocenters. The smallest absolute Gasteiger partial charge is 0.341 e. The van der Waals surface area contributed by atoms with E-state index in [9.17, 15) is 22.8 Å². The number of halogens is 3. The van der Waals surface area contributed by atoms with E-state index in [0.29, 0.717) is 19.4 Å². The molecule has 8 heteroatoms. The standard InChI is InChI=1S/C16H28F3N3O2/c1-4-11(3)13(20)15(24)22-8-6-7-12(9-22)14(23)21(5-2)10-16(17,18)19/h11-13H,4-10,20H2,1-3H3. The van der Waals surface area contributed by atoms with E-state index in [4.69, 9.17) is 5.73 Å². The molecule has 2 amide bonds. The van der Waals surface area contributed by atoms with Crippen molar-refractivity contribution >= 4 is 11.8 Å². The van der Waals surface area contributed by atoms with Gasteiger partial charge in [0.15, 0.2) is 0 Å². The Balaban J connectivity index is 2.73. The van der Waals surface area contributed by atoms with E-state index in [1.54, 1.807) is 0 Å². The average molecular weight is 351 g/mol. The first-order chi connectivity index (χ1) is 11.1. The lowest BCUT2D eigenvalue weighted by Crippen LogP contribution is -2.53. The average Bonchev–Trinajstić information content (AvgIpc) is 2.56. The second-order valence-electron chi connectivity index (χ2n) is 6.50. The van der Waals surface area contributed by atoms with Crippen molar-refractivity contribution in [1.29, 1.82) is 0 Å². The molecule has 1 saturated heterocycles. The third-order valence-electron chi connectivity index (χ3n) is 4.69. The lowest BCUT2D eigenvalue weighted by atomic mass is 9.93. The lowest BCUT2D eigenvalue weighted by molar-refractivity contribution is -0.165. The quantitative estimate of drug-likeness (QED) is 0.796. The van der Waals surface area contributed by atoms with Gasteiger partial charge < -0.3 is 15.5 Å². The van der Waals surface area contributed by atoms with Crippen LogP contribution >= 0.6 is 0 Å². The van der Waals surface area contributed by atoms with Crippen LogP contribution in [0.2, 0.25) is 0 Å². The summed E-state index contributed by atoms with van der Waals surface area (Å²) >= 11 is 0. The molecule has 1 rings (SSSR count). The first-order valence-electron chi connectivity index (χ1n) is 8.50. The fourth-order valence-electron chi connectivity index (χ4n) is 2.91. The number of carbonyl (C=O) groups is 2. The summed E-state index contributed by atoms with van der Waals surface area (Å²) in [6.07, 6.45) is -2.57. The molecule has 5 nitrogen and oxygen atoms in total. The highest BCUT2D eigenvalue weighted by atomic mass is 19.4. The van der Waals surface area contributed by atoms with Crippen LogP contribution in [0.5, 0.6) is 0 Å². The first kappa shape index (κ1) is 20.7. The van der Waals surface area contributed by atoms with E-state index < -0.39 is 30.6 Å². The number of hydrogen-bond donors (Lipinski definition) is 1. The van der Waals surface area contributed by atoms with Crippen LogP contribution < -0.4 is 5.73 Å². The summed E-state index contributed by atoms with van der Waals surface area (Å²) in [6.45, 7) is 4.74. The molecule has 1 fully saturated rings. The molecular formula is C16H28F3N3O2. The summed E-state index contributed by atoms with van der Waals surface area (Å²) in [6, 6.07) is -0.638. The van der Waals surface area contributed by atoms with Crippen molar-refractivity contribution in [1.82, 2.24) is 9.80 Å². The van der Waals surface area contributed by atoms with Crippen LogP contribution in [0.1, 0.15) is 40.0 Å². The van der Waals surface area contributed by atoms with E-state index in [0.717, 1.165) is 11.3 Å². The Labute approximate surface area is 141 Å². The molecule has 24 heavy (non-hydrogen) atoms. The first-order valence-corrected chi connectivity index (χ1v) is 8.50. The Bertz CT molecular complexity index is 443. The van der Waals surface area contributed by atoms with Gasteiger partial charge in [0.2, 0.25) is 11.8 Å². The number of nitrogens with two attached hydrogens (primary N) is 1. The molecule has 3 unspecified atom stereocenters. The molecule has 0 radical (unpaired) electrons. The fraction of sp³-hybridized carbons (Fsp3) is 0.875. The second-order valence-corrected chi connectivity index (χ2v) is 6.50. The molecule has 0 aliphatic carbocycles. The van der Waals surface area contributed by atoms with Crippen LogP contribution in [0, 0.1) is 11.8 Å². The molecule has 1 aliphatic heterocycles. The van der Waals surface area contributed by atoms with Crippen molar-refractivity contribution in [3.8, 4) is 0 Å². The molecular weight excluding hydrogens is 323 g/mol. The van der Waals surface area contributed by atoms with Crippen molar-refractivity contribution in [3.63, 3.8) is 0 Å². The molecule has 140 valence electrons. The SMILES string of the molecule is CCC(C)C(N)C(=O)N1CCCC(C(=O)N(CC)CC(F)(F)F)C1. The van der Waals surface area contributed by atoms with Crippen molar-refractivity contribution in [2.24, 2.45) is 17.6 Å². The minimum Gasteiger partial charge on any atom is -0.341 e. The number of alkyl halides is 3. The Morgan fingerprint density at radius 1 is 1.33 bits per heavy atom. The zero-order valence-corrected chi connectivity index (χ0v) is 14.6. The van der Waals surface area contributed by atoms with Gasteiger partial charge in [0, 0.05) is 19.6 Å². The maximum absolute atomic E-state index is 12.6. The number of carbonyl (C=O) groups excluding carboxylic acids is 2. The third kappa shape index (κ3) is 5.65. The van der Waals surface area contributed by atoms with Gasteiger partial charge in [-0.15, -0.1) is 0 Å². The highest BCUT2D eigenvalue weighted by Crippen LogP contribution is 2.23. The number of nitrogens with zero attached hydrogens (tertiary/aromatic N) is 2. The fourth-order valence-corrected chi connectivity index (χ4v) is 2.91. The number of rotatable bonds is 6. The van der Waals surface area contributed by atoms with E-state index in [-0.39, 0.29) is 24.9 Å². The maximum Gasteiger partial charge on any atom is 0.406 e. The third-order valence-corrected chi connectivity index (χ3v) is 4.69. The molecule has 0 aromatic rings. The monoisotopic (exact) mass is 351 g/mol. The summed E-state index contributed by atoms with van der Waals surface area (Å²) in [7, 11) is 0. The lowest BCUT2D eigenvalue weighted by Gasteiger charge is -2.36. The van der Waals surface area contributed by atoms with Crippen LogP contribution in [0.3, 0.4) is 0 Å². The Kier molecular flexibility index (Phi) is 7.51. The normalized spacial score (nSPS) is 21.3. The zero-order chi connectivity index (χ0) is 18.5.